The highest BCUT2D eigenvalue weighted by Crippen LogP contribution is 2.17. The highest BCUT2D eigenvalue weighted by atomic mass is 16.3. The Hall–Kier alpha value is -1.54. The molecular formula is C13H15NO. The zero-order valence-corrected chi connectivity index (χ0v) is 8.81. The maximum absolute atomic E-state index is 6.08. The fraction of sp³-hybridized carbons (Fsp3) is 0.231. The first-order valence-corrected chi connectivity index (χ1v) is 5.11. The highest BCUT2D eigenvalue weighted by molar-refractivity contribution is 5.20. The van der Waals surface area contributed by atoms with Crippen molar-refractivity contribution >= 4 is 0 Å². The lowest BCUT2D eigenvalue weighted by molar-refractivity contribution is 0.466. The average Bonchev–Trinajstić information content (AvgIpc) is 2.65. The zero-order valence-electron chi connectivity index (χ0n) is 8.81. The summed E-state index contributed by atoms with van der Waals surface area (Å²) in [6, 6.07) is 14.0. The van der Waals surface area contributed by atoms with Crippen LogP contribution in [0.25, 0.3) is 0 Å². The molecule has 2 nitrogen and oxygen atoms in total. The summed E-state index contributed by atoms with van der Waals surface area (Å²) in [6.07, 6.45) is 0.748. The summed E-state index contributed by atoms with van der Waals surface area (Å²) in [5.74, 6) is 1.88. The highest BCUT2D eigenvalue weighted by Gasteiger charge is 2.08. The molecule has 1 heterocycles. The van der Waals surface area contributed by atoms with Crippen LogP contribution in [0, 0.1) is 6.92 Å². The number of rotatable bonds is 3. The first-order chi connectivity index (χ1) is 7.25. The summed E-state index contributed by atoms with van der Waals surface area (Å²) >= 11 is 0. The maximum atomic E-state index is 6.08. The molecule has 1 atom stereocenters. The summed E-state index contributed by atoms with van der Waals surface area (Å²) < 4.78 is 5.50. The summed E-state index contributed by atoms with van der Waals surface area (Å²) in [7, 11) is 0. The second kappa shape index (κ2) is 4.32. The average molecular weight is 201 g/mol. The lowest BCUT2D eigenvalue weighted by atomic mass is 10.0. The fourth-order valence-corrected chi connectivity index (χ4v) is 1.63. The van der Waals surface area contributed by atoms with Crippen molar-refractivity contribution in [2.24, 2.45) is 5.73 Å². The van der Waals surface area contributed by atoms with Crippen molar-refractivity contribution in [2.45, 2.75) is 19.4 Å². The molecule has 2 heteroatoms. The van der Waals surface area contributed by atoms with Crippen molar-refractivity contribution < 1.29 is 4.42 Å². The van der Waals surface area contributed by atoms with Crippen LogP contribution in [-0.4, -0.2) is 0 Å². The molecule has 0 saturated heterocycles. The second-order valence-electron chi connectivity index (χ2n) is 3.73. The number of aryl methyl sites for hydroxylation is 1. The van der Waals surface area contributed by atoms with E-state index in [1.54, 1.807) is 0 Å². The molecular weight excluding hydrogens is 186 g/mol. The van der Waals surface area contributed by atoms with Gasteiger partial charge in [0.1, 0.15) is 11.5 Å². The minimum absolute atomic E-state index is 0.0109. The van der Waals surface area contributed by atoms with Crippen molar-refractivity contribution in [3.63, 3.8) is 0 Å². The molecule has 1 aromatic carbocycles. The molecule has 0 spiro atoms. The van der Waals surface area contributed by atoms with Crippen molar-refractivity contribution in [3.05, 3.63) is 59.5 Å². The van der Waals surface area contributed by atoms with Gasteiger partial charge in [0.2, 0.25) is 0 Å². The van der Waals surface area contributed by atoms with E-state index in [4.69, 9.17) is 10.2 Å². The van der Waals surface area contributed by atoms with Gasteiger partial charge in [0, 0.05) is 12.5 Å². The number of nitrogens with two attached hydrogens (primary N) is 1. The monoisotopic (exact) mass is 201 g/mol. The standard InChI is InChI=1S/C13H15NO/c1-10-7-8-12(15-10)9-13(14)11-5-3-2-4-6-11/h2-8,13H,9,14H2,1H3. The summed E-state index contributed by atoms with van der Waals surface area (Å²) in [6.45, 7) is 1.94. The zero-order chi connectivity index (χ0) is 10.7. The number of benzene rings is 1. The van der Waals surface area contributed by atoms with E-state index in [1.807, 2.05) is 49.4 Å². The first kappa shape index (κ1) is 9.99. The SMILES string of the molecule is Cc1ccc(CC(N)c2ccccc2)o1. The second-order valence-corrected chi connectivity index (χ2v) is 3.73. The fourth-order valence-electron chi connectivity index (χ4n) is 1.63. The van der Waals surface area contributed by atoms with E-state index in [0.717, 1.165) is 23.5 Å². The van der Waals surface area contributed by atoms with Crippen LogP contribution in [0.4, 0.5) is 0 Å². The van der Waals surface area contributed by atoms with Crippen molar-refractivity contribution in [1.82, 2.24) is 0 Å². The Kier molecular flexibility index (Phi) is 2.88. The Balaban J connectivity index is 2.07. The smallest absolute Gasteiger partial charge is 0.106 e. The molecule has 0 bridgehead atoms. The van der Waals surface area contributed by atoms with Crippen LogP contribution in [0.1, 0.15) is 23.1 Å². The molecule has 0 aliphatic carbocycles. The Labute approximate surface area is 89.7 Å². The summed E-state index contributed by atoms with van der Waals surface area (Å²) in [4.78, 5) is 0. The molecule has 2 N–H and O–H groups in total. The van der Waals surface area contributed by atoms with Crippen molar-refractivity contribution in [1.29, 1.82) is 0 Å². The van der Waals surface area contributed by atoms with E-state index in [9.17, 15) is 0 Å². The topological polar surface area (TPSA) is 39.2 Å². The van der Waals surface area contributed by atoms with E-state index >= 15 is 0 Å². The normalized spacial score (nSPS) is 12.7. The molecule has 1 aromatic heterocycles. The van der Waals surface area contributed by atoms with Crippen LogP contribution in [-0.2, 0) is 6.42 Å². The molecule has 78 valence electrons. The van der Waals surface area contributed by atoms with Gasteiger partial charge in [0.25, 0.3) is 0 Å². The van der Waals surface area contributed by atoms with Gasteiger partial charge in [0.05, 0.1) is 0 Å². The lowest BCUT2D eigenvalue weighted by Crippen LogP contribution is -2.12. The van der Waals surface area contributed by atoms with Gasteiger partial charge in [0.15, 0.2) is 0 Å². The third-order valence-corrected chi connectivity index (χ3v) is 2.44. The van der Waals surface area contributed by atoms with Gasteiger partial charge >= 0.3 is 0 Å². The number of furan rings is 1. The van der Waals surface area contributed by atoms with Gasteiger partial charge in [-0.25, -0.2) is 0 Å². The first-order valence-electron chi connectivity index (χ1n) is 5.11. The molecule has 2 rings (SSSR count). The van der Waals surface area contributed by atoms with Crippen LogP contribution < -0.4 is 5.73 Å². The van der Waals surface area contributed by atoms with Crippen LogP contribution in [0.5, 0.6) is 0 Å². The number of hydrogen-bond acceptors (Lipinski definition) is 2. The minimum Gasteiger partial charge on any atom is -0.466 e. The Morgan fingerprint density at radius 1 is 1.13 bits per heavy atom. The van der Waals surface area contributed by atoms with E-state index in [1.165, 1.54) is 0 Å². The third kappa shape index (κ3) is 2.48. The molecule has 1 unspecified atom stereocenters. The largest absolute Gasteiger partial charge is 0.466 e. The van der Waals surface area contributed by atoms with Crippen molar-refractivity contribution in [3.8, 4) is 0 Å². The van der Waals surface area contributed by atoms with Gasteiger partial charge in [-0.3, -0.25) is 0 Å². The molecule has 2 aromatic rings. The minimum atomic E-state index is 0.0109. The molecule has 0 aliphatic rings. The predicted octanol–water partition coefficient (Wildman–Crippen LogP) is 2.83. The van der Waals surface area contributed by atoms with Gasteiger partial charge in [-0.2, -0.15) is 0 Å². The maximum Gasteiger partial charge on any atom is 0.106 e. The third-order valence-electron chi connectivity index (χ3n) is 2.44. The van der Waals surface area contributed by atoms with Gasteiger partial charge in [-0.05, 0) is 24.6 Å². The lowest BCUT2D eigenvalue weighted by Gasteiger charge is -2.09. The van der Waals surface area contributed by atoms with E-state index in [-0.39, 0.29) is 6.04 Å². The summed E-state index contributed by atoms with van der Waals surface area (Å²) in [5.41, 5.74) is 7.22. The van der Waals surface area contributed by atoms with E-state index in [2.05, 4.69) is 0 Å². The molecule has 0 amide bonds. The Morgan fingerprint density at radius 3 is 2.47 bits per heavy atom. The Bertz CT molecular complexity index is 419. The quantitative estimate of drug-likeness (QED) is 0.829. The van der Waals surface area contributed by atoms with Gasteiger partial charge in [-0.15, -0.1) is 0 Å². The van der Waals surface area contributed by atoms with E-state index in [0.29, 0.717) is 0 Å². The van der Waals surface area contributed by atoms with Crippen LogP contribution in [0.2, 0.25) is 0 Å². The molecule has 0 aliphatic heterocycles. The number of hydrogen-bond donors (Lipinski definition) is 1. The van der Waals surface area contributed by atoms with Gasteiger partial charge in [-0.1, -0.05) is 30.3 Å². The molecule has 15 heavy (non-hydrogen) atoms. The molecule has 0 saturated carbocycles. The molecule has 0 radical (unpaired) electrons. The predicted molar refractivity (Wildman–Crippen MR) is 60.5 cm³/mol. The Morgan fingerprint density at radius 2 is 1.87 bits per heavy atom. The van der Waals surface area contributed by atoms with Crippen LogP contribution in [0.3, 0.4) is 0 Å². The van der Waals surface area contributed by atoms with E-state index < -0.39 is 0 Å². The summed E-state index contributed by atoms with van der Waals surface area (Å²) in [5, 5.41) is 0. The van der Waals surface area contributed by atoms with Crippen LogP contribution in [0.15, 0.2) is 46.9 Å². The molecule has 0 fully saturated rings. The van der Waals surface area contributed by atoms with Crippen molar-refractivity contribution in [2.75, 3.05) is 0 Å². The van der Waals surface area contributed by atoms with Gasteiger partial charge < -0.3 is 10.2 Å². The van der Waals surface area contributed by atoms with Crippen LogP contribution >= 0.6 is 0 Å².